The van der Waals surface area contributed by atoms with Crippen LogP contribution in [-0.4, -0.2) is 5.97 Å². The molecule has 1 rings (SSSR count). The molecule has 0 amide bonds. The molecule has 0 aliphatic heterocycles. The van der Waals surface area contributed by atoms with E-state index in [0.717, 1.165) is 25.0 Å². The van der Waals surface area contributed by atoms with Crippen molar-refractivity contribution in [3.05, 3.63) is 17.8 Å². The van der Waals surface area contributed by atoms with Gasteiger partial charge in [-0.1, -0.05) is 20.3 Å². The van der Waals surface area contributed by atoms with Crippen LogP contribution in [0.25, 0.3) is 0 Å². The number of carboxylic acid groups (broad SMARTS) is 1. The van der Waals surface area contributed by atoms with E-state index in [1.54, 1.807) is 4.57 Å². The van der Waals surface area contributed by atoms with Gasteiger partial charge < -0.3 is 14.3 Å². The predicted octanol–water partition coefficient (Wildman–Crippen LogP) is 0.293. The van der Waals surface area contributed by atoms with Crippen molar-refractivity contribution in [2.45, 2.75) is 39.7 Å². The zero-order valence-electron chi connectivity index (χ0n) is 8.58. The van der Waals surface area contributed by atoms with Crippen molar-refractivity contribution < 1.29 is 18.9 Å². The minimum atomic E-state index is -1.25. The average Bonchev–Trinajstić information content (AvgIpc) is 2.57. The maximum absolute atomic E-state index is 10.7. The number of rotatable bonds is 5. The van der Waals surface area contributed by atoms with Gasteiger partial charge in [0, 0.05) is 12.8 Å². The van der Waals surface area contributed by atoms with Crippen LogP contribution in [0.2, 0.25) is 0 Å². The van der Waals surface area contributed by atoms with Crippen molar-refractivity contribution in [2.24, 2.45) is 0 Å². The van der Waals surface area contributed by atoms with Crippen LogP contribution in [0.1, 0.15) is 43.1 Å². The quantitative estimate of drug-likeness (QED) is 0.637. The molecule has 0 saturated heterocycles. The van der Waals surface area contributed by atoms with Gasteiger partial charge in [-0.3, -0.25) is 0 Å². The standard InChI is InChI=1S/C10H15NO3/c1-3-5-6-11-8(4-2)7-14-9(11)10(12)13/h7H,3-6H2,1-2H3. The van der Waals surface area contributed by atoms with Gasteiger partial charge in [-0.2, -0.15) is 4.57 Å². The molecule has 0 saturated carbocycles. The van der Waals surface area contributed by atoms with E-state index in [4.69, 9.17) is 4.42 Å². The summed E-state index contributed by atoms with van der Waals surface area (Å²) in [6, 6.07) is 0. The van der Waals surface area contributed by atoms with Crippen LogP contribution >= 0.6 is 0 Å². The lowest BCUT2D eigenvalue weighted by Crippen LogP contribution is -2.45. The second-order valence-electron chi connectivity index (χ2n) is 3.18. The normalized spacial score (nSPS) is 10.4. The van der Waals surface area contributed by atoms with Crippen molar-refractivity contribution in [3.63, 3.8) is 0 Å². The molecular weight excluding hydrogens is 182 g/mol. The van der Waals surface area contributed by atoms with Crippen LogP contribution in [0.4, 0.5) is 0 Å². The summed E-state index contributed by atoms with van der Waals surface area (Å²) < 4.78 is 6.63. The minimum absolute atomic E-state index is 0.0738. The summed E-state index contributed by atoms with van der Waals surface area (Å²) in [4.78, 5) is 10.7. The maximum Gasteiger partial charge on any atom is 0.396 e. The number of oxazole rings is 1. The van der Waals surface area contributed by atoms with E-state index in [1.165, 1.54) is 6.26 Å². The Kier molecular flexibility index (Phi) is 3.68. The van der Waals surface area contributed by atoms with Crippen LogP contribution in [0.3, 0.4) is 0 Å². The fourth-order valence-corrected chi connectivity index (χ4v) is 1.38. The Morgan fingerprint density at radius 1 is 1.57 bits per heavy atom. The zero-order chi connectivity index (χ0) is 10.6. The molecule has 0 atom stereocenters. The summed E-state index contributed by atoms with van der Waals surface area (Å²) in [7, 11) is 0. The smallest absolute Gasteiger partial charge is 0.396 e. The monoisotopic (exact) mass is 197 g/mol. The second kappa shape index (κ2) is 4.79. The number of aromatic carboxylic acids is 1. The molecule has 0 aromatic carbocycles. The number of carboxylic acids is 1. The molecule has 0 spiro atoms. The number of nitrogens with zero attached hydrogens (tertiary/aromatic N) is 1. The Hall–Kier alpha value is -1.32. The van der Waals surface area contributed by atoms with Crippen molar-refractivity contribution in [2.75, 3.05) is 0 Å². The third-order valence-electron chi connectivity index (χ3n) is 2.17. The van der Waals surface area contributed by atoms with Crippen molar-refractivity contribution in [1.82, 2.24) is 0 Å². The maximum atomic E-state index is 10.7. The number of carbonyl (C=O) groups is 1. The first-order chi connectivity index (χ1) is 6.70. The van der Waals surface area contributed by atoms with E-state index >= 15 is 0 Å². The third-order valence-corrected chi connectivity index (χ3v) is 2.17. The fraction of sp³-hybridized carbons (Fsp3) is 0.600. The van der Waals surface area contributed by atoms with Gasteiger partial charge in [-0.15, -0.1) is 0 Å². The molecule has 14 heavy (non-hydrogen) atoms. The molecule has 0 bridgehead atoms. The summed E-state index contributed by atoms with van der Waals surface area (Å²) >= 11 is 0. The third kappa shape index (κ3) is 2.13. The van der Waals surface area contributed by atoms with Crippen LogP contribution in [0.15, 0.2) is 10.7 Å². The summed E-state index contributed by atoms with van der Waals surface area (Å²) in [5, 5.41) is 10.7. The van der Waals surface area contributed by atoms with Gasteiger partial charge in [-0.25, -0.2) is 0 Å². The summed E-state index contributed by atoms with van der Waals surface area (Å²) in [5.41, 5.74) is 0.901. The number of hydrogen-bond acceptors (Lipinski definition) is 3. The first-order valence-corrected chi connectivity index (χ1v) is 4.92. The van der Waals surface area contributed by atoms with Crippen molar-refractivity contribution >= 4 is 5.97 Å². The Balaban J connectivity index is 2.93. The molecule has 4 nitrogen and oxygen atoms in total. The van der Waals surface area contributed by atoms with Crippen molar-refractivity contribution in [1.29, 1.82) is 0 Å². The molecule has 0 unspecified atom stereocenters. The molecule has 0 radical (unpaired) electrons. The highest BCUT2D eigenvalue weighted by Crippen LogP contribution is 2.01. The van der Waals surface area contributed by atoms with Gasteiger partial charge in [0.05, 0.1) is 0 Å². The van der Waals surface area contributed by atoms with Gasteiger partial charge >= 0.3 is 5.89 Å². The molecule has 1 heterocycles. The largest absolute Gasteiger partial charge is 0.537 e. The number of carbonyl (C=O) groups excluding carboxylic acids is 1. The lowest BCUT2D eigenvalue weighted by Gasteiger charge is -1.98. The highest BCUT2D eigenvalue weighted by molar-refractivity contribution is 5.78. The lowest BCUT2D eigenvalue weighted by atomic mass is 10.3. The molecule has 1 aromatic heterocycles. The van der Waals surface area contributed by atoms with Crippen LogP contribution < -0.4 is 9.67 Å². The SMILES string of the molecule is CCCC[n+]1c(CC)coc1C(=O)[O-]. The highest BCUT2D eigenvalue weighted by atomic mass is 16.4. The number of hydrogen-bond donors (Lipinski definition) is 0. The number of aryl methyl sites for hydroxylation is 1. The lowest BCUT2D eigenvalue weighted by molar-refractivity contribution is -0.711. The van der Waals surface area contributed by atoms with E-state index in [2.05, 4.69) is 6.92 Å². The van der Waals surface area contributed by atoms with Crippen LogP contribution in [0.5, 0.6) is 0 Å². The van der Waals surface area contributed by atoms with Crippen molar-refractivity contribution in [3.8, 4) is 0 Å². The van der Waals surface area contributed by atoms with Gasteiger partial charge in [0.25, 0.3) is 0 Å². The Labute approximate surface area is 83.2 Å². The van der Waals surface area contributed by atoms with Gasteiger partial charge in [0.15, 0.2) is 18.8 Å². The molecule has 0 aliphatic carbocycles. The highest BCUT2D eigenvalue weighted by Gasteiger charge is 2.21. The first kappa shape index (κ1) is 10.8. The van der Waals surface area contributed by atoms with E-state index in [9.17, 15) is 9.90 Å². The Morgan fingerprint density at radius 3 is 2.79 bits per heavy atom. The van der Waals surface area contributed by atoms with Gasteiger partial charge in [-0.05, 0) is 0 Å². The topological polar surface area (TPSA) is 57.2 Å². The van der Waals surface area contributed by atoms with E-state index < -0.39 is 5.97 Å². The molecule has 0 aliphatic rings. The molecule has 0 N–H and O–H groups in total. The van der Waals surface area contributed by atoms with E-state index in [0.29, 0.717) is 6.54 Å². The zero-order valence-corrected chi connectivity index (χ0v) is 8.58. The minimum Gasteiger partial charge on any atom is -0.537 e. The summed E-state index contributed by atoms with van der Waals surface area (Å²) in [6.07, 6.45) is 4.21. The molecule has 1 aromatic rings. The Bertz CT molecular complexity index is 317. The first-order valence-electron chi connectivity index (χ1n) is 4.92. The molecule has 0 fully saturated rings. The number of unbranched alkanes of at least 4 members (excludes halogenated alkanes) is 1. The predicted molar refractivity (Wildman–Crippen MR) is 47.5 cm³/mol. The van der Waals surface area contributed by atoms with Gasteiger partial charge in [0.2, 0.25) is 5.69 Å². The fourth-order valence-electron chi connectivity index (χ4n) is 1.38. The van der Waals surface area contributed by atoms with Crippen LogP contribution in [0, 0.1) is 0 Å². The molecular formula is C10H15NO3. The summed E-state index contributed by atoms with van der Waals surface area (Å²) in [5.74, 6) is -1.32. The molecule has 78 valence electrons. The Morgan fingerprint density at radius 2 is 2.29 bits per heavy atom. The number of aromatic nitrogens is 1. The summed E-state index contributed by atoms with van der Waals surface area (Å²) in [6.45, 7) is 4.71. The van der Waals surface area contributed by atoms with Gasteiger partial charge in [0.1, 0.15) is 0 Å². The van der Waals surface area contributed by atoms with E-state index in [-0.39, 0.29) is 5.89 Å². The van der Waals surface area contributed by atoms with Crippen LogP contribution in [-0.2, 0) is 13.0 Å². The average molecular weight is 197 g/mol. The van der Waals surface area contributed by atoms with E-state index in [1.807, 2.05) is 6.92 Å². The second-order valence-corrected chi connectivity index (χ2v) is 3.18. The molecule has 4 heteroatoms.